The lowest BCUT2D eigenvalue weighted by molar-refractivity contribution is 0.242. The Morgan fingerprint density at radius 3 is 2.32 bits per heavy atom. The van der Waals surface area contributed by atoms with Crippen molar-refractivity contribution in [3.63, 3.8) is 0 Å². The number of hydrogen-bond donors (Lipinski definition) is 0. The third-order valence-corrected chi connectivity index (χ3v) is 2.98. The van der Waals surface area contributed by atoms with E-state index < -0.39 is 0 Å². The van der Waals surface area contributed by atoms with Gasteiger partial charge in [-0.3, -0.25) is 0 Å². The monoisotopic (exact) mass is 258 g/mol. The Kier molecular flexibility index (Phi) is 4.20. The number of hydrogen-bond acceptors (Lipinski definition) is 1. The Balaban J connectivity index is 2.36. The van der Waals surface area contributed by atoms with Crippen molar-refractivity contribution >= 4 is 0 Å². The fourth-order valence-corrected chi connectivity index (χ4v) is 1.99. The lowest BCUT2D eigenvalue weighted by Crippen LogP contribution is -2.05. The van der Waals surface area contributed by atoms with E-state index >= 15 is 0 Å². The normalized spacial score (nSPS) is 10.8. The second kappa shape index (κ2) is 5.87. The topological polar surface area (TPSA) is 9.23 Å². The van der Waals surface area contributed by atoms with Crippen LogP contribution < -0.4 is 4.74 Å². The van der Waals surface area contributed by atoms with Gasteiger partial charge >= 0.3 is 0 Å². The molecule has 0 radical (unpaired) electrons. The molecular formula is C17H19FO. The van der Waals surface area contributed by atoms with Crippen molar-refractivity contribution in [2.45, 2.75) is 33.3 Å². The second-order valence-corrected chi connectivity index (χ2v) is 4.86. The van der Waals surface area contributed by atoms with Gasteiger partial charge in [0, 0.05) is 5.56 Å². The molecule has 2 aromatic carbocycles. The van der Waals surface area contributed by atoms with E-state index in [1.54, 1.807) is 12.1 Å². The van der Waals surface area contributed by atoms with Crippen molar-refractivity contribution in [2.24, 2.45) is 0 Å². The van der Waals surface area contributed by atoms with E-state index in [1.807, 2.05) is 38.1 Å². The van der Waals surface area contributed by atoms with Crippen LogP contribution in [0.3, 0.4) is 0 Å². The van der Waals surface area contributed by atoms with Gasteiger partial charge in [-0.25, -0.2) is 4.39 Å². The molecule has 2 aromatic rings. The van der Waals surface area contributed by atoms with Gasteiger partial charge < -0.3 is 4.74 Å². The smallest absolute Gasteiger partial charge is 0.131 e. The van der Waals surface area contributed by atoms with E-state index in [1.165, 1.54) is 11.6 Å². The predicted molar refractivity (Wildman–Crippen MR) is 77.0 cm³/mol. The van der Waals surface area contributed by atoms with E-state index in [2.05, 4.69) is 6.92 Å². The van der Waals surface area contributed by atoms with Crippen molar-refractivity contribution < 1.29 is 9.13 Å². The van der Waals surface area contributed by atoms with E-state index in [4.69, 9.17) is 4.74 Å². The first-order chi connectivity index (χ1) is 9.10. The molecule has 0 heterocycles. The Labute approximate surface area is 114 Å². The average Bonchev–Trinajstić information content (AvgIpc) is 2.40. The summed E-state index contributed by atoms with van der Waals surface area (Å²) in [7, 11) is 0. The zero-order chi connectivity index (χ0) is 13.8. The number of benzene rings is 2. The van der Waals surface area contributed by atoms with Gasteiger partial charge in [-0.15, -0.1) is 0 Å². The molecule has 0 saturated carbocycles. The first-order valence-corrected chi connectivity index (χ1v) is 6.65. The van der Waals surface area contributed by atoms with Crippen molar-refractivity contribution in [2.75, 3.05) is 0 Å². The third kappa shape index (κ3) is 3.34. The first kappa shape index (κ1) is 13.6. The van der Waals surface area contributed by atoms with Crippen LogP contribution in [0.4, 0.5) is 4.39 Å². The third-order valence-electron chi connectivity index (χ3n) is 2.98. The maximum Gasteiger partial charge on any atom is 0.131 e. The van der Waals surface area contributed by atoms with Crippen LogP contribution in [0.1, 0.15) is 26.3 Å². The van der Waals surface area contributed by atoms with E-state index in [9.17, 15) is 4.39 Å². The molecule has 2 heteroatoms. The van der Waals surface area contributed by atoms with Crippen LogP contribution in [0, 0.1) is 5.82 Å². The average molecular weight is 258 g/mol. The molecule has 0 aliphatic carbocycles. The standard InChI is InChI=1S/C17H19FO/c1-4-13-5-7-14(8-6-13)16-11-15(19-12(2)3)9-10-17(16)18/h5-12H,4H2,1-3H3. The predicted octanol–water partition coefficient (Wildman–Crippen LogP) is 4.84. The molecule has 19 heavy (non-hydrogen) atoms. The summed E-state index contributed by atoms with van der Waals surface area (Å²) in [5.41, 5.74) is 2.71. The molecule has 2 rings (SSSR count). The van der Waals surface area contributed by atoms with E-state index in [0.29, 0.717) is 11.3 Å². The number of halogens is 1. The Bertz CT molecular complexity index is 544. The fraction of sp³-hybridized carbons (Fsp3) is 0.294. The highest BCUT2D eigenvalue weighted by molar-refractivity contribution is 5.66. The maximum atomic E-state index is 13.9. The lowest BCUT2D eigenvalue weighted by atomic mass is 10.0. The minimum Gasteiger partial charge on any atom is -0.491 e. The van der Waals surface area contributed by atoms with Gasteiger partial charge in [0.2, 0.25) is 0 Å². The second-order valence-electron chi connectivity index (χ2n) is 4.86. The zero-order valence-electron chi connectivity index (χ0n) is 11.6. The molecule has 100 valence electrons. The van der Waals surface area contributed by atoms with Crippen LogP contribution in [0.2, 0.25) is 0 Å². The summed E-state index contributed by atoms with van der Waals surface area (Å²) in [5, 5.41) is 0. The molecular weight excluding hydrogens is 239 g/mol. The van der Waals surface area contributed by atoms with Gasteiger partial charge in [0.15, 0.2) is 0 Å². The molecule has 0 unspecified atom stereocenters. The van der Waals surface area contributed by atoms with Crippen LogP contribution in [0.25, 0.3) is 11.1 Å². The number of rotatable bonds is 4. The Hall–Kier alpha value is -1.83. The van der Waals surface area contributed by atoms with Crippen LogP contribution in [0.15, 0.2) is 42.5 Å². The largest absolute Gasteiger partial charge is 0.491 e. The van der Waals surface area contributed by atoms with Gasteiger partial charge in [-0.2, -0.15) is 0 Å². The number of ether oxygens (including phenoxy) is 1. The maximum absolute atomic E-state index is 13.9. The molecule has 0 N–H and O–H groups in total. The van der Waals surface area contributed by atoms with E-state index in [-0.39, 0.29) is 11.9 Å². The Morgan fingerprint density at radius 1 is 1.05 bits per heavy atom. The summed E-state index contributed by atoms with van der Waals surface area (Å²) < 4.78 is 19.5. The number of aryl methyl sites for hydroxylation is 1. The van der Waals surface area contributed by atoms with E-state index in [0.717, 1.165) is 12.0 Å². The van der Waals surface area contributed by atoms with Crippen LogP contribution in [0.5, 0.6) is 5.75 Å². The van der Waals surface area contributed by atoms with Gasteiger partial charge in [0.25, 0.3) is 0 Å². The fourth-order valence-electron chi connectivity index (χ4n) is 1.99. The molecule has 0 aliphatic heterocycles. The molecule has 0 bridgehead atoms. The SMILES string of the molecule is CCc1ccc(-c2cc(OC(C)C)ccc2F)cc1. The highest BCUT2D eigenvalue weighted by Crippen LogP contribution is 2.28. The summed E-state index contributed by atoms with van der Waals surface area (Å²) in [6.45, 7) is 6.02. The minimum atomic E-state index is -0.222. The van der Waals surface area contributed by atoms with Crippen molar-refractivity contribution in [1.82, 2.24) is 0 Å². The van der Waals surface area contributed by atoms with Gasteiger partial charge in [0.05, 0.1) is 6.10 Å². The van der Waals surface area contributed by atoms with Gasteiger partial charge in [-0.1, -0.05) is 31.2 Å². The highest BCUT2D eigenvalue weighted by Gasteiger charge is 2.08. The molecule has 0 atom stereocenters. The molecule has 0 spiro atoms. The molecule has 0 fully saturated rings. The van der Waals surface area contributed by atoms with Crippen LogP contribution >= 0.6 is 0 Å². The van der Waals surface area contributed by atoms with Crippen LogP contribution in [-0.4, -0.2) is 6.10 Å². The minimum absolute atomic E-state index is 0.0841. The summed E-state index contributed by atoms with van der Waals surface area (Å²) in [4.78, 5) is 0. The zero-order valence-corrected chi connectivity index (χ0v) is 11.6. The van der Waals surface area contributed by atoms with Crippen molar-refractivity contribution in [3.05, 3.63) is 53.8 Å². The molecule has 0 amide bonds. The van der Waals surface area contributed by atoms with Gasteiger partial charge in [0.1, 0.15) is 11.6 Å². The van der Waals surface area contributed by atoms with Crippen LogP contribution in [-0.2, 0) is 6.42 Å². The summed E-state index contributed by atoms with van der Waals surface area (Å²) >= 11 is 0. The van der Waals surface area contributed by atoms with Crippen molar-refractivity contribution in [1.29, 1.82) is 0 Å². The lowest BCUT2D eigenvalue weighted by Gasteiger charge is -2.12. The first-order valence-electron chi connectivity index (χ1n) is 6.65. The summed E-state index contributed by atoms with van der Waals surface area (Å²) in [5.74, 6) is 0.478. The van der Waals surface area contributed by atoms with Gasteiger partial charge in [-0.05, 0) is 49.6 Å². The quantitative estimate of drug-likeness (QED) is 0.762. The highest BCUT2D eigenvalue weighted by atomic mass is 19.1. The molecule has 0 aliphatic rings. The molecule has 0 saturated heterocycles. The summed E-state index contributed by atoms with van der Waals surface area (Å²) in [6.07, 6.45) is 1.07. The van der Waals surface area contributed by atoms with Crippen molar-refractivity contribution in [3.8, 4) is 16.9 Å². The molecule has 1 nitrogen and oxygen atoms in total. The molecule has 0 aromatic heterocycles. The Morgan fingerprint density at radius 2 is 1.74 bits per heavy atom. The summed E-state index contributed by atoms with van der Waals surface area (Å²) in [6, 6.07) is 12.9.